The Morgan fingerprint density at radius 3 is 2.68 bits per heavy atom. The van der Waals surface area contributed by atoms with Gasteiger partial charge in [0.25, 0.3) is 0 Å². The first-order chi connectivity index (χ1) is 11.6. The molecule has 0 aromatic heterocycles. The number of guanidine groups is 1. The van der Waals surface area contributed by atoms with Crippen LogP contribution >= 0.6 is 24.0 Å². The van der Waals surface area contributed by atoms with E-state index in [1.165, 1.54) is 19.3 Å². The molecule has 1 aliphatic heterocycles. The van der Waals surface area contributed by atoms with Crippen molar-refractivity contribution in [2.24, 2.45) is 16.6 Å². The molecule has 0 bridgehead atoms. The van der Waals surface area contributed by atoms with Gasteiger partial charge in [0.05, 0.1) is 6.04 Å². The first-order valence-electron chi connectivity index (χ1n) is 8.98. The summed E-state index contributed by atoms with van der Waals surface area (Å²) in [6.45, 7) is 3.64. The molecular weight excluding hydrogens is 427 g/mol. The molecule has 1 aromatic carbocycles. The fourth-order valence-corrected chi connectivity index (χ4v) is 3.30. The maximum Gasteiger partial charge on any atom is 0.223 e. The van der Waals surface area contributed by atoms with Crippen molar-refractivity contribution in [1.29, 1.82) is 0 Å². The Morgan fingerprint density at radius 2 is 2.00 bits per heavy atom. The molecule has 3 N–H and O–H groups in total. The average molecular weight is 458 g/mol. The van der Waals surface area contributed by atoms with Crippen LogP contribution in [-0.4, -0.2) is 36.9 Å². The number of hydrogen-bond donors (Lipinski definition) is 2. The van der Waals surface area contributed by atoms with Crippen LogP contribution in [-0.2, 0) is 4.79 Å². The molecule has 1 amide bonds. The second-order valence-corrected chi connectivity index (χ2v) is 6.54. The van der Waals surface area contributed by atoms with E-state index < -0.39 is 0 Å². The summed E-state index contributed by atoms with van der Waals surface area (Å²) in [7, 11) is 1.87. The predicted molar refractivity (Wildman–Crippen MR) is 114 cm³/mol. The highest BCUT2D eigenvalue weighted by atomic mass is 127. The molecule has 5 nitrogen and oxygen atoms in total. The summed E-state index contributed by atoms with van der Waals surface area (Å²) in [4.78, 5) is 18.4. The Balaban J connectivity index is 0.00000312. The summed E-state index contributed by atoms with van der Waals surface area (Å²) in [6.07, 6.45) is 5.35. The van der Waals surface area contributed by atoms with Gasteiger partial charge in [-0.05, 0) is 12.0 Å². The zero-order valence-corrected chi connectivity index (χ0v) is 17.6. The monoisotopic (exact) mass is 458 g/mol. The van der Waals surface area contributed by atoms with Crippen molar-refractivity contribution < 1.29 is 4.79 Å². The Hall–Kier alpha value is -1.31. The third-order valence-electron chi connectivity index (χ3n) is 4.67. The normalized spacial score (nSPS) is 20.5. The van der Waals surface area contributed by atoms with Gasteiger partial charge in [-0.1, -0.05) is 56.5 Å². The number of nitrogens with zero attached hydrogens (tertiary/aromatic N) is 2. The molecular formula is C19H31IN4O. The Kier molecular flexibility index (Phi) is 9.85. The van der Waals surface area contributed by atoms with E-state index in [2.05, 4.69) is 29.4 Å². The standard InChI is InChI=1S/C19H30N4O.HI/c1-3-4-5-9-12-21-19(20)22-14-16-13-17(24)23(2)18(16)15-10-7-6-8-11-15;/h6-8,10-11,16,18H,3-5,9,12-14H2,1-2H3,(H3,20,21,22);1H. The highest BCUT2D eigenvalue weighted by Crippen LogP contribution is 2.36. The van der Waals surface area contributed by atoms with Crippen molar-refractivity contribution in [1.82, 2.24) is 10.2 Å². The van der Waals surface area contributed by atoms with E-state index in [0.29, 0.717) is 18.9 Å². The van der Waals surface area contributed by atoms with Crippen LogP contribution in [0, 0.1) is 5.92 Å². The van der Waals surface area contributed by atoms with E-state index in [0.717, 1.165) is 18.5 Å². The number of rotatable bonds is 8. The topological polar surface area (TPSA) is 70.7 Å². The second-order valence-electron chi connectivity index (χ2n) is 6.54. The summed E-state index contributed by atoms with van der Waals surface area (Å²) < 4.78 is 0. The summed E-state index contributed by atoms with van der Waals surface area (Å²) in [5.74, 6) is 0.834. The van der Waals surface area contributed by atoms with Crippen LogP contribution in [0.5, 0.6) is 0 Å². The van der Waals surface area contributed by atoms with Gasteiger partial charge in [0.15, 0.2) is 5.96 Å². The second kappa shape index (κ2) is 11.3. The lowest BCUT2D eigenvalue weighted by Gasteiger charge is -2.24. The summed E-state index contributed by atoms with van der Waals surface area (Å²) in [5, 5.41) is 3.17. The highest BCUT2D eigenvalue weighted by molar-refractivity contribution is 14.0. The number of carbonyl (C=O) groups is 1. The predicted octanol–water partition coefficient (Wildman–Crippen LogP) is 3.31. The molecule has 2 rings (SSSR count). The van der Waals surface area contributed by atoms with Gasteiger partial charge in [0.2, 0.25) is 5.91 Å². The average Bonchev–Trinajstić information content (AvgIpc) is 2.88. The minimum atomic E-state index is 0. The quantitative estimate of drug-likeness (QED) is 0.272. The van der Waals surface area contributed by atoms with E-state index in [9.17, 15) is 4.79 Å². The van der Waals surface area contributed by atoms with Crippen LogP contribution in [0.2, 0.25) is 0 Å². The fourth-order valence-electron chi connectivity index (χ4n) is 3.30. The molecule has 1 saturated heterocycles. The minimum absolute atomic E-state index is 0. The Bertz CT molecular complexity index is 550. The van der Waals surface area contributed by atoms with Crippen molar-refractivity contribution in [3.63, 3.8) is 0 Å². The van der Waals surface area contributed by atoms with E-state index in [1.54, 1.807) is 0 Å². The molecule has 2 unspecified atom stereocenters. The van der Waals surface area contributed by atoms with Gasteiger partial charge < -0.3 is 16.0 Å². The Morgan fingerprint density at radius 1 is 1.28 bits per heavy atom. The molecule has 0 spiro atoms. The molecule has 140 valence electrons. The highest BCUT2D eigenvalue weighted by Gasteiger charge is 2.38. The number of benzene rings is 1. The molecule has 1 fully saturated rings. The number of aliphatic imine (C=N–C) groups is 1. The van der Waals surface area contributed by atoms with Crippen LogP contribution in [0.4, 0.5) is 0 Å². The first-order valence-corrected chi connectivity index (χ1v) is 8.98. The van der Waals surface area contributed by atoms with Crippen molar-refractivity contribution in [3.8, 4) is 0 Å². The SMILES string of the molecule is CCCCCCNC(N)=NCC1CC(=O)N(C)C1c1ccccc1.I. The van der Waals surface area contributed by atoms with E-state index in [-0.39, 0.29) is 41.8 Å². The van der Waals surface area contributed by atoms with Gasteiger partial charge >= 0.3 is 0 Å². The lowest BCUT2D eigenvalue weighted by molar-refractivity contribution is -0.127. The van der Waals surface area contributed by atoms with Crippen molar-refractivity contribution in [2.75, 3.05) is 20.1 Å². The lowest BCUT2D eigenvalue weighted by Crippen LogP contribution is -2.33. The maximum absolute atomic E-state index is 12.1. The van der Waals surface area contributed by atoms with E-state index in [4.69, 9.17) is 5.73 Å². The number of hydrogen-bond acceptors (Lipinski definition) is 2. The number of unbranched alkanes of at least 4 members (excludes halogenated alkanes) is 3. The molecule has 0 aliphatic carbocycles. The van der Waals surface area contributed by atoms with Crippen LogP contribution in [0.3, 0.4) is 0 Å². The van der Waals surface area contributed by atoms with Crippen molar-refractivity contribution in [2.45, 2.75) is 45.1 Å². The third-order valence-corrected chi connectivity index (χ3v) is 4.67. The van der Waals surface area contributed by atoms with Gasteiger partial charge in [0, 0.05) is 32.5 Å². The zero-order valence-electron chi connectivity index (χ0n) is 15.3. The van der Waals surface area contributed by atoms with Crippen LogP contribution in [0.15, 0.2) is 35.3 Å². The first kappa shape index (κ1) is 21.7. The molecule has 2 atom stereocenters. The number of carbonyl (C=O) groups excluding carboxylic acids is 1. The van der Waals surface area contributed by atoms with E-state index >= 15 is 0 Å². The smallest absolute Gasteiger partial charge is 0.223 e. The molecule has 1 heterocycles. The van der Waals surface area contributed by atoms with Crippen LogP contribution < -0.4 is 11.1 Å². The summed E-state index contributed by atoms with van der Waals surface area (Å²) in [6, 6.07) is 10.3. The number of halogens is 1. The maximum atomic E-state index is 12.1. The van der Waals surface area contributed by atoms with Crippen LogP contribution in [0.25, 0.3) is 0 Å². The summed E-state index contributed by atoms with van der Waals surface area (Å²) in [5.41, 5.74) is 7.12. The van der Waals surface area contributed by atoms with Crippen LogP contribution in [0.1, 0.15) is 50.6 Å². The molecule has 6 heteroatoms. The molecule has 0 radical (unpaired) electrons. The van der Waals surface area contributed by atoms with Gasteiger partial charge in [-0.15, -0.1) is 24.0 Å². The fraction of sp³-hybridized carbons (Fsp3) is 0.579. The number of nitrogens with one attached hydrogen (secondary N) is 1. The minimum Gasteiger partial charge on any atom is -0.370 e. The van der Waals surface area contributed by atoms with Gasteiger partial charge in [-0.25, -0.2) is 0 Å². The largest absolute Gasteiger partial charge is 0.370 e. The number of amides is 1. The molecule has 1 aliphatic rings. The zero-order chi connectivity index (χ0) is 17.4. The van der Waals surface area contributed by atoms with Crippen molar-refractivity contribution >= 4 is 35.8 Å². The van der Waals surface area contributed by atoms with Crippen molar-refractivity contribution in [3.05, 3.63) is 35.9 Å². The third kappa shape index (κ3) is 6.49. The van der Waals surface area contributed by atoms with Gasteiger partial charge in [-0.2, -0.15) is 0 Å². The van der Waals surface area contributed by atoms with Gasteiger partial charge in [-0.3, -0.25) is 9.79 Å². The lowest BCUT2D eigenvalue weighted by atomic mass is 9.94. The number of likely N-dealkylation sites (tertiary alicyclic amines) is 1. The summed E-state index contributed by atoms with van der Waals surface area (Å²) >= 11 is 0. The molecule has 25 heavy (non-hydrogen) atoms. The molecule has 1 aromatic rings. The Labute approximate surface area is 168 Å². The number of nitrogens with two attached hydrogens (primary N) is 1. The molecule has 0 saturated carbocycles. The van der Waals surface area contributed by atoms with Gasteiger partial charge in [0.1, 0.15) is 0 Å². The van der Waals surface area contributed by atoms with E-state index in [1.807, 2.05) is 30.1 Å².